The topological polar surface area (TPSA) is 125 Å². The lowest BCUT2D eigenvalue weighted by molar-refractivity contribution is -0.115. The molecular weight excluding hydrogens is 454 g/mol. The van der Waals surface area contributed by atoms with Crippen molar-refractivity contribution in [3.05, 3.63) is 83.9 Å². The van der Waals surface area contributed by atoms with Gasteiger partial charge in [0.15, 0.2) is 0 Å². The highest BCUT2D eigenvalue weighted by Crippen LogP contribution is 2.26. The highest BCUT2D eigenvalue weighted by Gasteiger charge is 2.17. The summed E-state index contributed by atoms with van der Waals surface area (Å²) >= 11 is 1.35. The number of carboxylic acids is 1. The molecular formula is C25H23N3O5S. The van der Waals surface area contributed by atoms with Gasteiger partial charge in [0.1, 0.15) is 0 Å². The van der Waals surface area contributed by atoms with Crippen molar-refractivity contribution in [2.24, 2.45) is 0 Å². The molecule has 0 heterocycles. The van der Waals surface area contributed by atoms with Crippen molar-refractivity contribution in [3.8, 4) is 0 Å². The standard InChI is InChI=1S/C25H23N3O5S/c1-15(23(30)27-18-9-7-17(8-10-18)26-16(2)29)34-20-13-11-19(12-14-20)28-24(31)21-5-3-4-6-22(21)25(32)33/h3-15H,1-2H3,(H,26,29)(H,27,30)(H,28,31)(H,32,33)/t15-/m1/s1. The number of carbonyl (C=O) groups is 4. The summed E-state index contributed by atoms with van der Waals surface area (Å²) in [6.45, 7) is 3.21. The Kier molecular flexibility index (Phi) is 8.05. The molecule has 34 heavy (non-hydrogen) atoms. The van der Waals surface area contributed by atoms with E-state index in [0.29, 0.717) is 17.1 Å². The fourth-order valence-corrected chi connectivity index (χ4v) is 3.89. The van der Waals surface area contributed by atoms with Crippen LogP contribution >= 0.6 is 11.8 Å². The normalized spacial score (nSPS) is 11.2. The van der Waals surface area contributed by atoms with Crippen LogP contribution in [0.15, 0.2) is 77.7 Å². The van der Waals surface area contributed by atoms with E-state index in [9.17, 15) is 24.3 Å². The zero-order valence-corrected chi connectivity index (χ0v) is 19.3. The largest absolute Gasteiger partial charge is 0.478 e. The van der Waals surface area contributed by atoms with Crippen molar-refractivity contribution >= 4 is 52.5 Å². The molecule has 174 valence electrons. The third-order valence-corrected chi connectivity index (χ3v) is 5.78. The molecule has 0 aliphatic carbocycles. The summed E-state index contributed by atoms with van der Waals surface area (Å²) in [6.07, 6.45) is 0. The van der Waals surface area contributed by atoms with E-state index >= 15 is 0 Å². The average molecular weight is 478 g/mol. The molecule has 3 aromatic rings. The quantitative estimate of drug-likeness (QED) is 0.348. The maximum atomic E-state index is 12.5. The molecule has 0 unspecified atom stereocenters. The molecule has 0 aliphatic heterocycles. The van der Waals surface area contributed by atoms with E-state index < -0.39 is 17.1 Å². The number of hydrogen-bond acceptors (Lipinski definition) is 5. The van der Waals surface area contributed by atoms with E-state index in [0.717, 1.165) is 4.90 Å². The Bertz CT molecular complexity index is 1210. The number of hydrogen-bond donors (Lipinski definition) is 4. The monoisotopic (exact) mass is 477 g/mol. The molecule has 3 amide bonds. The number of carbonyl (C=O) groups excluding carboxylic acids is 3. The molecule has 0 radical (unpaired) electrons. The number of rotatable bonds is 8. The molecule has 9 heteroatoms. The van der Waals surface area contributed by atoms with Crippen molar-refractivity contribution in [2.75, 3.05) is 16.0 Å². The summed E-state index contributed by atoms with van der Waals surface area (Å²) in [6, 6.07) is 19.7. The van der Waals surface area contributed by atoms with Crippen LogP contribution in [0.4, 0.5) is 17.1 Å². The maximum Gasteiger partial charge on any atom is 0.336 e. The van der Waals surface area contributed by atoms with Gasteiger partial charge in [-0.15, -0.1) is 11.8 Å². The lowest BCUT2D eigenvalue weighted by Gasteiger charge is -2.13. The molecule has 0 bridgehead atoms. The Labute approximate surface area is 200 Å². The van der Waals surface area contributed by atoms with Gasteiger partial charge in [0.2, 0.25) is 11.8 Å². The number of anilines is 3. The molecule has 0 spiro atoms. The summed E-state index contributed by atoms with van der Waals surface area (Å²) in [4.78, 5) is 48.2. The highest BCUT2D eigenvalue weighted by molar-refractivity contribution is 8.00. The third-order valence-electron chi connectivity index (χ3n) is 4.67. The zero-order valence-electron chi connectivity index (χ0n) is 18.5. The third kappa shape index (κ3) is 6.69. The van der Waals surface area contributed by atoms with Crippen molar-refractivity contribution < 1.29 is 24.3 Å². The predicted octanol–water partition coefficient (Wildman–Crippen LogP) is 4.71. The van der Waals surface area contributed by atoms with Gasteiger partial charge in [-0.25, -0.2) is 4.79 Å². The summed E-state index contributed by atoms with van der Waals surface area (Å²) in [5.74, 6) is -2.04. The van der Waals surface area contributed by atoms with Crippen LogP contribution in [-0.2, 0) is 9.59 Å². The minimum Gasteiger partial charge on any atom is -0.478 e. The van der Waals surface area contributed by atoms with Gasteiger partial charge >= 0.3 is 5.97 Å². The first-order valence-corrected chi connectivity index (χ1v) is 11.2. The van der Waals surface area contributed by atoms with Gasteiger partial charge in [-0.3, -0.25) is 14.4 Å². The number of amides is 3. The molecule has 0 aromatic heterocycles. The Morgan fingerprint density at radius 2 is 1.24 bits per heavy atom. The zero-order chi connectivity index (χ0) is 24.7. The second kappa shape index (κ2) is 11.2. The Hall–Kier alpha value is -4.11. The van der Waals surface area contributed by atoms with Gasteiger partial charge in [0.05, 0.1) is 16.4 Å². The molecule has 0 fully saturated rings. The second-order valence-electron chi connectivity index (χ2n) is 7.34. The molecule has 1 atom stereocenters. The van der Waals surface area contributed by atoms with E-state index in [-0.39, 0.29) is 22.9 Å². The first kappa shape index (κ1) is 24.5. The minimum atomic E-state index is -1.17. The van der Waals surface area contributed by atoms with Crippen molar-refractivity contribution in [2.45, 2.75) is 24.0 Å². The number of carboxylic acid groups (broad SMARTS) is 1. The molecule has 8 nitrogen and oxygen atoms in total. The number of thioether (sulfide) groups is 1. The Morgan fingerprint density at radius 1 is 0.735 bits per heavy atom. The molecule has 0 saturated heterocycles. The number of aromatic carboxylic acids is 1. The molecule has 0 aliphatic rings. The van der Waals surface area contributed by atoms with Gasteiger partial charge in [-0.2, -0.15) is 0 Å². The van der Waals surface area contributed by atoms with Crippen LogP contribution in [0.1, 0.15) is 34.6 Å². The van der Waals surface area contributed by atoms with Gasteiger partial charge in [0, 0.05) is 28.9 Å². The van der Waals surface area contributed by atoms with Gasteiger partial charge in [-0.1, -0.05) is 12.1 Å². The van der Waals surface area contributed by atoms with Gasteiger partial charge in [-0.05, 0) is 67.6 Å². The van der Waals surface area contributed by atoms with Crippen LogP contribution in [0.2, 0.25) is 0 Å². The predicted molar refractivity (Wildman–Crippen MR) is 132 cm³/mol. The summed E-state index contributed by atoms with van der Waals surface area (Å²) in [5.41, 5.74) is 1.77. The van der Waals surface area contributed by atoms with E-state index in [1.54, 1.807) is 67.6 Å². The molecule has 4 N–H and O–H groups in total. The van der Waals surface area contributed by atoms with Crippen LogP contribution in [0.3, 0.4) is 0 Å². The highest BCUT2D eigenvalue weighted by atomic mass is 32.2. The summed E-state index contributed by atoms with van der Waals surface area (Å²) in [5, 5.41) is 17.1. The number of benzene rings is 3. The minimum absolute atomic E-state index is 0.0724. The first-order chi connectivity index (χ1) is 16.2. The molecule has 3 aromatic carbocycles. The van der Waals surface area contributed by atoms with Crippen molar-refractivity contribution in [1.29, 1.82) is 0 Å². The first-order valence-electron chi connectivity index (χ1n) is 10.3. The van der Waals surface area contributed by atoms with E-state index in [2.05, 4.69) is 16.0 Å². The maximum absolute atomic E-state index is 12.5. The van der Waals surface area contributed by atoms with Crippen molar-refractivity contribution in [3.63, 3.8) is 0 Å². The second-order valence-corrected chi connectivity index (χ2v) is 8.75. The van der Waals surface area contributed by atoms with Gasteiger partial charge in [0.25, 0.3) is 5.91 Å². The lowest BCUT2D eigenvalue weighted by atomic mass is 10.1. The van der Waals surface area contributed by atoms with Crippen LogP contribution in [0.25, 0.3) is 0 Å². The summed E-state index contributed by atoms with van der Waals surface area (Å²) < 4.78 is 0. The van der Waals surface area contributed by atoms with Crippen molar-refractivity contribution in [1.82, 2.24) is 0 Å². The van der Waals surface area contributed by atoms with Crippen LogP contribution in [0, 0.1) is 0 Å². The summed E-state index contributed by atoms with van der Waals surface area (Å²) in [7, 11) is 0. The van der Waals surface area contributed by atoms with E-state index in [4.69, 9.17) is 0 Å². The fourth-order valence-electron chi connectivity index (χ4n) is 3.02. The lowest BCUT2D eigenvalue weighted by Crippen LogP contribution is -2.22. The smallest absolute Gasteiger partial charge is 0.336 e. The van der Waals surface area contributed by atoms with Crippen LogP contribution < -0.4 is 16.0 Å². The fraction of sp³-hybridized carbons (Fsp3) is 0.120. The SMILES string of the molecule is CC(=O)Nc1ccc(NC(=O)[C@@H](C)Sc2ccc(NC(=O)c3ccccc3C(=O)O)cc2)cc1. The Balaban J connectivity index is 1.56. The average Bonchev–Trinajstić information content (AvgIpc) is 2.81. The van der Waals surface area contributed by atoms with Crippen LogP contribution in [0.5, 0.6) is 0 Å². The van der Waals surface area contributed by atoms with E-state index in [1.165, 1.54) is 30.8 Å². The molecule has 3 rings (SSSR count). The molecule has 0 saturated carbocycles. The number of nitrogens with one attached hydrogen (secondary N) is 3. The van der Waals surface area contributed by atoms with Crippen LogP contribution in [-0.4, -0.2) is 34.0 Å². The van der Waals surface area contributed by atoms with Gasteiger partial charge < -0.3 is 21.1 Å². The Morgan fingerprint density at radius 3 is 1.79 bits per heavy atom. The van der Waals surface area contributed by atoms with E-state index in [1.807, 2.05) is 0 Å².